The molecule has 17 heteroatoms. The van der Waals surface area contributed by atoms with E-state index in [0.29, 0.717) is 0 Å². The first kappa shape index (κ1) is 28.1. The average molecular weight is 578 g/mol. The van der Waals surface area contributed by atoms with Crippen LogP contribution in [0.5, 0.6) is 0 Å². The lowest BCUT2D eigenvalue weighted by Crippen LogP contribution is -2.63. The fourth-order valence-electron chi connectivity index (χ4n) is 4.15. The molecule has 37 heavy (non-hydrogen) atoms. The molecule has 4 rings (SSSR count). The van der Waals surface area contributed by atoms with Gasteiger partial charge < -0.3 is 18.9 Å². The van der Waals surface area contributed by atoms with Crippen molar-refractivity contribution in [3.8, 4) is 11.3 Å². The van der Waals surface area contributed by atoms with Crippen LogP contribution >= 0.6 is 11.6 Å². The van der Waals surface area contributed by atoms with E-state index in [2.05, 4.69) is 14.5 Å². The third-order valence-corrected chi connectivity index (χ3v) is 7.15. The molecule has 0 aliphatic carbocycles. The van der Waals surface area contributed by atoms with Crippen LogP contribution < -0.4 is 0 Å². The molecule has 0 radical (unpaired) electrons. The van der Waals surface area contributed by atoms with Crippen molar-refractivity contribution in [2.45, 2.75) is 55.6 Å². The highest BCUT2D eigenvalue weighted by Gasteiger charge is 2.54. The number of hydrogen-bond acceptors (Lipinski definition) is 9. The van der Waals surface area contributed by atoms with Gasteiger partial charge in [-0.25, -0.2) is 13.5 Å². The summed E-state index contributed by atoms with van der Waals surface area (Å²) < 4.78 is 118. The number of fused-ring (bicyclic) bond motifs is 1. The number of alkyl halides is 3. The van der Waals surface area contributed by atoms with Gasteiger partial charge in [-0.3, -0.25) is 4.18 Å². The minimum Gasteiger partial charge on any atom is -0.376 e. The third kappa shape index (κ3) is 5.46. The van der Waals surface area contributed by atoms with Crippen molar-refractivity contribution in [3.63, 3.8) is 0 Å². The summed E-state index contributed by atoms with van der Waals surface area (Å²) in [7, 11) is -4.71. The first-order valence-electron chi connectivity index (χ1n) is 10.7. The smallest absolute Gasteiger partial charge is 0.376 e. The van der Waals surface area contributed by atoms with Gasteiger partial charge in [0.2, 0.25) is 0 Å². The maximum Gasteiger partial charge on any atom is 0.523 e. The second-order valence-electron chi connectivity index (χ2n) is 8.69. The molecule has 10 nitrogen and oxygen atoms in total. The van der Waals surface area contributed by atoms with Crippen LogP contribution in [0.25, 0.3) is 11.3 Å². The average Bonchev–Trinajstić information content (AvgIpc) is 3.28. The second-order valence-corrected chi connectivity index (χ2v) is 10.7. The van der Waals surface area contributed by atoms with Gasteiger partial charge in [-0.05, 0) is 26.0 Å². The Balaban J connectivity index is 1.70. The highest BCUT2D eigenvalue weighted by molar-refractivity contribution is 7.87. The molecule has 2 aliphatic heterocycles. The van der Waals surface area contributed by atoms with E-state index in [-0.39, 0.29) is 17.9 Å². The maximum atomic E-state index is 14.5. The van der Waals surface area contributed by atoms with Crippen molar-refractivity contribution in [1.82, 2.24) is 15.0 Å². The van der Waals surface area contributed by atoms with E-state index in [4.69, 9.17) is 30.5 Å². The lowest BCUT2D eigenvalue weighted by atomic mass is 9.91. The zero-order chi connectivity index (χ0) is 27.3. The predicted molar refractivity (Wildman–Crippen MR) is 115 cm³/mol. The normalized spacial score (nSPS) is 28.2. The van der Waals surface area contributed by atoms with Gasteiger partial charge in [-0.2, -0.15) is 21.6 Å². The number of benzene rings is 1. The monoisotopic (exact) mass is 577 g/mol. The minimum absolute atomic E-state index is 0.0777. The van der Waals surface area contributed by atoms with Gasteiger partial charge in [-0.1, -0.05) is 16.8 Å². The largest absolute Gasteiger partial charge is 0.523 e. The van der Waals surface area contributed by atoms with Gasteiger partial charge in [-0.15, -0.1) is 5.10 Å². The van der Waals surface area contributed by atoms with E-state index in [0.717, 1.165) is 6.07 Å². The van der Waals surface area contributed by atoms with E-state index >= 15 is 0 Å². The Kier molecular flexibility index (Phi) is 7.57. The Bertz CT molecular complexity index is 1260. The zero-order valence-corrected chi connectivity index (χ0v) is 21.0. The standard InChI is InChI=1S/C20H21ClF5N3O7S/c1-19(2)33-7-12-18(36-19)16(17(32-3)13(35-12)8-34-37(30,31)20(24,25)26)29-6-11(27-28-29)9-4-5-10(21)15(23)14(9)22/h4-6,12-13,16-18H,7-8H2,1-3H3/t12-,13-,16-,17+,18+/m1/s1. The van der Waals surface area contributed by atoms with Gasteiger partial charge in [0.1, 0.15) is 36.2 Å². The van der Waals surface area contributed by atoms with Crippen LogP contribution in [0.15, 0.2) is 18.3 Å². The molecule has 2 aromatic rings. The molecule has 2 saturated heterocycles. The van der Waals surface area contributed by atoms with Gasteiger partial charge in [0.15, 0.2) is 17.4 Å². The summed E-state index contributed by atoms with van der Waals surface area (Å²) >= 11 is 5.61. The molecule has 1 aromatic carbocycles. The van der Waals surface area contributed by atoms with Crippen molar-refractivity contribution < 1.29 is 53.5 Å². The van der Waals surface area contributed by atoms with Crippen molar-refractivity contribution in [1.29, 1.82) is 0 Å². The molecule has 1 aromatic heterocycles. The molecule has 0 N–H and O–H groups in total. The molecule has 3 heterocycles. The molecule has 2 aliphatic rings. The molecular formula is C20H21ClF5N3O7S. The van der Waals surface area contributed by atoms with E-state index in [1.165, 1.54) is 24.1 Å². The van der Waals surface area contributed by atoms with Crippen LogP contribution in [-0.4, -0.2) is 79.4 Å². The summed E-state index contributed by atoms with van der Waals surface area (Å²) in [6.45, 7) is 2.10. The molecule has 0 saturated carbocycles. The summed E-state index contributed by atoms with van der Waals surface area (Å²) in [4.78, 5) is 0. The predicted octanol–water partition coefficient (Wildman–Crippen LogP) is 3.22. The summed E-state index contributed by atoms with van der Waals surface area (Å²) in [6.07, 6.45) is -3.09. The Hall–Kier alpha value is -1.95. The molecule has 0 amide bonds. The fourth-order valence-corrected chi connectivity index (χ4v) is 4.74. The van der Waals surface area contributed by atoms with Crippen molar-refractivity contribution in [2.24, 2.45) is 0 Å². The molecule has 0 bridgehead atoms. The molecule has 2 fully saturated rings. The van der Waals surface area contributed by atoms with Crippen molar-refractivity contribution in [2.75, 3.05) is 20.3 Å². The summed E-state index contributed by atoms with van der Waals surface area (Å²) in [5.74, 6) is -3.66. The lowest BCUT2D eigenvalue weighted by Gasteiger charge is -2.50. The van der Waals surface area contributed by atoms with Crippen LogP contribution in [0.3, 0.4) is 0 Å². The van der Waals surface area contributed by atoms with E-state index in [9.17, 15) is 30.4 Å². The first-order valence-corrected chi connectivity index (χ1v) is 12.5. The van der Waals surface area contributed by atoms with Crippen molar-refractivity contribution >= 4 is 21.7 Å². The number of hydrogen-bond donors (Lipinski definition) is 0. The van der Waals surface area contributed by atoms with E-state index < -0.39 is 75.1 Å². The number of halogens is 6. The summed E-state index contributed by atoms with van der Waals surface area (Å²) in [5.41, 5.74) is -5.99. The van der Waals surface area contributed by atoms with Crippen molar-refractivity contribution in [3.05, 3.63) is 35.0 Å². The highest BCUT2D eigenvalue weighted by Crippen LogP contribution is 2.40. The van der Waals surface area contributed by atoms with E-state index in [1.807, 2.05) is 0 Å². The molecule has 5 atom stereocenters. The fraction of sp³-hybridized carbons (Fsp3) is 0.600. The Morgan fingerprint density at radius 1 is 1.24 bits per heavy atom. The lowest BCUT2D eigenvalue weighted by molar-refractivity contribution is -0.350. The van der Waals surface area contributed by atoms with Crippen LogP contribution in [0.1, 0.15) is 19.9 Å². The molecule has 206 valence electrons. The van der Waals surface area contributed by atoms with Gasteiger partial charge in [0.25, 0.3) is 0 Å². The Morgan fingerprint density at radius 2 is 1.95 bits per heavy atom. The quantitative estimate of drug-likeness (QED) is 0.221. The SMILES string of the molecule is CO[C@@H]1[C@@H](n2cc(-c3ccc(Cl)c(F)c3F)nn2)[C@H]2OC(C)(C)OC[C@H]2O[C@@H]1COS(=O)(=O)C(F)(F)F. The number of methoxy groups -OCH3 is 1. The van der Waals surface area contributed by atoms with Crippen LogP contribution in [0, 0.1) is 11.6 Å². The summed E-state index contributed by atoms with van der Waals surface area (Å²) in [5, 5.41) is 7.43. The first-order chi connectivity index (χ1) is 17.1. The second kappa shape index (κ2) is 9.98. The molecular weight excluding hydrogens is 557 g/mol. The number of aromatic nitrogens is 3. The topological polar surface area (TPSA) is 111 Å². The number of nitrogens with zero attached hydrogens (tertiary/aromatic N) is 3. The Morgan fingerprint density at radius 3 is 2.59 bits per heavy atom. The van der Waals surface area contributed by atoms with Crippen LogP contribution in [-0.2, 0) is 33.2 Å². The highest BCUT2D eigenvalue weighted by atomic mass is 35.5. The van der Waals surface area contributed by atoms with Gasteiger partial charge in [0, 0.05) is 12.7 Å². The molecule has 0 spiro atoms. The number of ether oxygens (including phenoxy) is 4. The van der Waals surface area contributed by atoms with Crippen LogP contribution in [0.4, 0.5) is 22.0 Å². The minimum atomic E-state index is -5.92. The Labute approximate surface area is 212 Å². The van der Waals surface area contributed by atoms with E-state index in [1.54, 1.807) is 13.8 Å². The maximum absolute atomic E-state index is 14.5. The van der Waals surface area contributed by atoms with Gasteiger partial charge >= 0.3 is 15.6 Å². The zero-order valence-electron chi connectivity index (χ0n) is 19.4. The van der Waals surface area contributed by atoms with Gasteiger partial charge in [0.05, 0.1) is 24.4 Å². The van der Waals surface area contributed by atoms with Crippen LogP contribution in [0.2, 0.25) is 5.02 Å². The summed E-state index contributed by atoms with van der Waals surface area (Å²) in [6, 6.07) is 1.34. The molecule has 0 unspecified atom stereocenters. The number of rotatable bonds is 6. The third-order valence-electron chi connectivity index (χ3n) is 5.84.